The zero-order valence-electron chi connectivity index (χ0n) is 56.9. The summed E-state index contributed by atoms with van der Waals surface area (Å²) < 4.78 is 0. The molecule has 0 saturated carbocycles. The van der Waals surface area contributed by atoms with Gasteiger partial charge in [-0.3, -0.25) is 14.4 Å². The van der Waals surface area contributed by atoms with E-state index in [2.05, 4.69) is 169 Å². The molecule has 7 aromatic carbocycles. The first-order valence-corrected chi connectivity index (χ1v) is 33.9. The standard InChI is InChI=1S/C35H40N2O2Si.C23H32N2O2.C19H32N2O2/c1-35(2,3)33(34(39)37-24-13-14-25-37)36-26-27-16-15-23-31(32(27)38)40(28-17-7-4-8-18-28,29-19-9-5-10-20-29)30-21-11-6-12-22-30;1-22(2,3)18-14-10-11-16(19(18)26)15-24-20(23(4,5)6)21(27)25-17-12-8-7-9-13-17;1-18(2,3)14-11-9-10-13(15(14)22)12-20-16(19(4,5)6)17(23)21(7)8/h4-12,15-23,33,36,38H,13-14,24-26H2,1-3H3;7-14,20,24,26H,15H2,1-6H3,(H,25,27);9-11,16,20,22H,12H2,1-8H3/t33-;20-;16-/m111/s1. The van der Waals surface area contributed by atoms with Crippen molar-refractivity contribution in [1.29, 1.82) is 0 Å². The van der Waals surface area contributed by atoms with E-state index in [1.54, 1.807) is 19.0 Å². The minimum absolute atomic E-state index is 0.0453. The van der Waals surface area contributed by atoms with Gasteiger partial charge in [-0.15, -0.1) is 0 Å². The Morgan fingerprint density at radius 2 is 0.789 bits per heavy atom. The van der Waals surface area contributed by atoms with Gasteiger partial charge in [0.15, 0.2) is 8.07 Å². The fraction of sp³-hybridized carbons (Fsp3) is 0.416. The van der Waals surface area contributed by atoms with Crippen molar-refractivity contribution in [1.82, 2.24) is 25.8 Å². The minimum atomic E-state index is -2.86. The van der Waals surface area contributed by atoms with Gasteiger partial charge >= 0.3 is 0 Å². The zero-order chi connectivity index (χ0) is 66.4. The van der Waals surface area contributed by atoms with Crippen molar-refractivity contribution in [2.75, 3.05) is 32.5 Å². The molecule has 8 rings (SSSR count). The van der Waals surface area contributed by atoms with Crippen molar-refractivity contribution in [3.8, 4) is 17.2 Å². The van der Waals surface area contributed by atoms with E-state index in [0.29, 0.717) is 36.9 Å². The molecule has 0 bridgehead atoms. The van der Waals surface area contributed by atoms with Gasteiger partial charge in [0.05, 0.1) is 18.1 Å². The molecule has 1 heterocycles. The van der Waals surface area contributed by atoms with Crippen LogP contribution in [0.4, 0.5) is 5.69 Å². The number of carbonyl (C=O) groups excluding carboxylic acids is 3. The third-order valence-corrected chi connectivity index (χ3v) is 21.6. The van der Waals surface area contributed by atoms with Gasteiger partial charge < -0.3 is 46.4 Å². The molecule has 1 saturated heterocycles. The highest BCUT2D eigenvalue weighted by atomic mass is 28.3. The van der Waals surface area contributed by atoms with Crippen LogP contribution in [-0.4, -0.2) is 96.2 Å². The molecule has 90 heavy (non-hydrogen) atoms. The number of aromatic hydroxyl groups is 3. The molecule has 3 amide bonds. The van der Waals surface area contributed by atoms with Crippen molar-refractivity contribution in [2.45, 2.75) is 165 Å². The van der Waals surface area contributed by atoms with Gasteiger partial charge in [-0.1, -0.05) is 268 Å². The summed E-state index contributed by atoms with van der Waals surface area (Å²) in [5.41, 5.74) is 4.00. The van der Waals surface area contributed by atoms with Crippen molar-refractivity contribution in [3.63, 3.8) is 0 Å². The molecule has 482 valence electrons. The highest BCUT2D eigenvalue weighted by molar-refractivity contribution is 7.20. The van der Waals surface area contributed by atoms with Crippen LogP contribution in [0.15, 0.2) is 176 Å². The lowest BCUT2D eigenvalue weighted by Gasteiger charge is -2.36. The Morgan fingerprint density at radius 3 is 1.16 bits per heavy atom. The van der Waals surface area contributed by atoms with Crippen LogP contribution >= 0.6 is 0 Å². The SMILES string of the molecule is CC(C)(C)[C@H](NCc1cccc([Si](c2ccccc2)(c2ccccc2)c2ccccc2)c1O)C(=O)N1CCCC1.CC(C)(C)c1cccc(CN[C@H](C(=O)Nc2ccccc2)C(C)(C)C)c1O.CN(C)C(=O)[C@@H](NCc1cccc(C(C)(C)C)c1O)C(C)(C)C. The van der Waals surface area contributed by atoms with Gasteiger partial charge in [0.2, 0.25) is 17.7 Å². The van der Waals surface area contributed by atoms with E-state index in [1.807, 2.05) is 137 Å². The minimum Gasteiger partial charge on any atom is -0.508 e. The van der Waals surface area contributed by atoms with Gasteiger partial charge in [0.1, 0.15) is 17.2 Å². The van der Waals surface area contributed by atoms with E-state index in [9.17, 15) is 29.7 Å². The van der Waals surface area contributed by atoms with E-state index < -0.39 is 14.1 Å². The maximum Gasteiger partial charge on any atom is 0.242 e. The number of para-hydroxylation sites is 4. The lowest BCUT2D eigenvalue weighted by Crippen LogP contribution is -2.74. The number of carbonyl (C=O) groups is 3. The number of anilines is 1. The maximum atomic E-state index is 13.5. The summed E-state index contributed by atoms with van der Waals surface area (Å²) in [6.45, 7) is 33.9. The summed E-state index contributed by atoms with van der Waals surface area (Å²) in [5, 5.41) is 51.1. The number of phenolic OH excluding ortho intramolecular Hbond substituents is 3. The zero-order valence-corrected chi connectivity index (χ0v) is 57.9. The summed E-state index contributed by atoms with van der Waals surface area (Å²) in [4.78, 5) is 42.4. The second-order valence-electron chi connectivity index (χ2n) is 29.4. The first-order valence-electron chi connectivity index (χ1n) is 31.9. The third-order valence-electron chi connectivity index (χ3n) is 16.7. The molecule has 0 spiro atoms. The molecule has 0 unspecified atom stereocenters. The number of likely N-dealkylation sites (N-methyl/N-ethyl adjacent to an activating group) is 1. The highest BCUT2D eigenvalue weighted by Gasteiger charge is 2.44. The Balaban J connectivity index is 0.000000226. The van der Waals surface area contributed by atoms with E-state index in [1.165, 1.54) is 15.6 Å². The molecule has 1 aliphatic heterocycles. The maximum absolute atomic E-state index is 13.5. The van der Waals surface area contributed by atoms with Gasteiger partial charge in [-0.2, -0.15) is 0 Å². The normalized spacial score (nSPS) is 14.0. The summed E-state index contributed by atoms with van der Waals surface area (Å²) in [7, 11) is 0.664. The molecule has 12 nitrogen and oxygen atoms in total. The molecular weight excluding hydrogens is 1130 g/mol. The Kier molecular flexibility index (Phi) is 24.2. The third kappa shape index (κ3) is 18.3. The van der Waals surface area contributed by atoms with E-state index >= 15 is 0 Å². The summed E-state index contributed by atoms with van der Waals surface area (Å²) in [6.07, 6.45) is 2.13. The highest BCUT2D eigenvalue weighted by Crippen LogP contribution is 2.35. The molecule has 13 heteroatoms. The molecular formula is C77H104N6O6Si. The lowest BCUT2D eigenvalue weighted by molar-refractivity contribution is -0.135. The van der Waals surface area contributed by atoms with Gasteiger partial charge in [-0.25, -0.2) is 0 Å². The van der Waals surface area contributed by atoms with Crippen LogP contribution in [0.3, 0.4) is 0 Å². The Bertz CT molecular complexity index is 3330. The van der Waals surface area contributed by atoms with Crippen molar-refractivity contribution in [3.05, 3.63) is 204 Å². The number of nitrogens with one attached hydrogen (secondary N) is 4. The fourth-order valence-corrected chi connectivity index (χ4v) is 16.7. The fourth-order valence-electron chi connectivity index (χ4n) is 11.8. The number of benzene rings is 7. The number of hydrogen-bond donors (Lipinski definition) is 7. The average molecular weight is 1240 g/mol. The Labute approximate surface area is 540 Å². The van der Waals surface area contributed by atoms with Gasteiger partial charge in [0, 0.05) is 69.2 Å². The quantitative estimate of drug-likeness (QED) is 0.0347. The molecule has 7 aromatic rings. The van der Waals surface area contributed by atoms with Crippen LogP contribution in [0, 0.1) is 16.2 Å². The number of likely N-dealkylation sites (tertiary alicyclic amines) is 1. The predicted molar refractivity (Wildman–Crippen MR) is 375 cm³/mol. The summed E-state index contributed by atoms with van der Waals surface area (Å²) in [6, 6.07) is 57.9. The van der Waals surface area contributed by atoms with Crippen LogP contribution in [-0.2, 0) is 44.8 Å². The number of amides is 3. The van der Waals surface area contributed by atoms with E-state index in [4.69, 9.17) is 0 Å². The molecule has 7 N–H and O–H groups in total. The molecule has 0 radical (unpaired) electrons. The lowest BCUT2D eigenvalue weighted by atomic mass is 9.84. The molecule has 3 atom stereocenters. The van der Waals surface area contributed by atoms with Crippen molar-refractivity contribution >= 4 is 52.2 Å². The number of hydrogen-bond acceptors (Lipinski definition) is 9. The van der Waals surface area contributed by atoms with Crippen LogP contribution in [0.1, 0.15) is 145 Å². The molecule has 0 aliphatic carbocycles. The van der Waals surface area contributed by atoms with Gasteiger partial charge in [0.25, 0.3) is 0 Å². The van der Waals surface area contributed by atoms with Crippen molar-refractivity contribution in [2.24, 2.45) is 16.2 Å². The van der Waals surface area contributed by atoms with E-state index in [-0.39, 0.29) is 56.9 Å². The summed E-state index contributed by atoms with van der Waals surface area (Å²) in [5.74, 6) is 1.04. The predicted octanol–water partition coefficient (Wildman–Crippen LogP) is 12.0. The van der Waals surface area contributed by atoms with E-state index in [0.717, 1.165) is 64.6 Å². The van der Waals surface area contributed by atoms with Crippen LogP contribution in [0.25, 0.3) is 0 Å². The number of rotatable bonds is 17. The topological polar surface area (TPSA) is 166 Å². The largest absolute Gasteiger partial charge is 0.508 e. The average Bonchev–Trinajstić information content (AvgIpc) is 1.37. The first-order chi connectivity index (χ1) is 42.2. The van der Waals surface area contributed by atoms with Crippen LogP contribution in [0.5, 0.6) is 17.2 Å². The van der Waals surface area contributed by atoms with Crippen LogP contribution < -0.4 is 42.0 Å². The van der Waals surface area contributed by atoms with Crippen molar-refractivity contribution < 1.29 is 29.7 Å². The second-order valence-corrected chi connectivity index (χ2v) is 33.2. The monoisotopic (exact) mass is 1240 g/mol. The summed E-state index contributed by atoms with van der Waals surface area (Å²) >= 11 is 0. The molecule has 1 aliphatic rings. The van der Waals surface area contributed by atoms with Crippen LogP contribution in [0.2, 0.25) is 0 Å². The molecule has 0 aromatic heterocycles. The number of phenols is 3. The Hall–Kier alpha value is -7.55. The molecule has 1 fully saturated rings. The smallest absolute Gasteiger partial charge is 0.242 e. The van der Waals surface area contributed by atoms with Gasteiger partial charge in [-0.05, 0) is 83.9 Å². The number of nitrogens with zero attached hydrogens (tertiary/aromatic N) is 2. The second kappa shape index (κ2) is 30.5. The Morgan fingerprint density at radius 1 is 0.444 bits per heavy atom. The first kappa shape index (κ1) is 71.5.